The molecule has 1 fully saturated rings. The summed E-state index contributed by atoms with van der Waals surface area (Å²) in [5.74, 6) is 0. The number of hydrogen-bond acceptors (Lipinski definition) is 6. The number of aliphatic hydroxyl groups is 3. The number of aromatic nitrogens is 3. The van der Waals surface area contributed by atoms with E-state index in [2.05, 4.69) is 9.97 Å². The van der Waals surface area contributed by atoms with Gasteiger partial charge in [-0.05, 0) is 30.2 Å². The highest BCUT2D eigenvalue weighted by atomic mass is 35.5. The topological polar surface area (TPSA) is 101 Å². The van der Waals surface area contributed by atoms with E-state index in [-0.39, 0.29) is 5.15 Å². The first-order chi connectivity index (χ1) is 12.9. The monoisotopic (exact) mass is 409 g/mol. The minimum atomic E-state index is -1.31. The molecule has 0 amide bonds. The van der Waals surface area contributed by atoms with Crippen LogP contribution >= 0.6 is 23.2 Å². The molecule has 5 atom stereocenters. The maximum absolute atomic E-state index is 10.7. The van der Waals surface area contributed by atoms with Crippen LogP contribution in [0.2, 0.25) is 10.2 Å². The Morgan fingerprint density at radius 2 is 1.93 bits per heavy atom. The van der Waals surface area contributed by atoms with Gasteiger partial charge in [-0.3, -0.25) is 0 Å². The van der Waals surface area contributed by atoms with Crippen molar-refractivity contribution in [3.05, 3.63) is 58.1 Å². The molecule has 0 bridgehead atoms. The average molecular weight is 410 g/mol. The first-order valence-corrected chi connectivity index (χ1v) is 9.07. The molecule has 142 valence electrons. The molecule has 0 spiro atoms. The van der Waals surface area contributed by atoms with Gasteiger partial charge < -0.3 is 24.6 Å². The fourth-order valence-electron chi connectivity index (χ4n) is 3.30. The summed E-state index contributed by atoms with van der Waals surface area (Å²) in [5.41, 5.74) is 1.82. The number of fused-ring (bicyclic) bond motifs is 1. The third-order valence-electron chi connectivity index (χ3n) is 4.86. The minimum Gasteiger partial charge on any atom is -0.387 e. The lowest BCUT2D eigenvalue weighted by Crippen LogP contribution is -2.34. The van der Waals surface area contributed by atoms with Crippen LogP contribution in [0, 0.1) is 6.92 Å². The third kappa shape index (κ3) is 3.10. The van der Waals surface area contributed by atoms with Crippen LogP contribution in [-0.4, -0.2) is 48.2 Å². The molecule has 1 aliphatic heterocycles. The molecule has 0 aliphatic carbocycles. The molecule has 9 heteroatoms. The molecule has 3 N–H and O–H groups in total. The van der Waals surface area contributed by atoms with Crippen molar-refractivity contribution in [1.82, 2.24) is 14.5 Å². The van der Waals surface area contributed by atoms with Gasteiger partial charge in [-0.2, -0.15) is 0 Å². The maximum Gasteiger partial charge on any atom is 0.164 e. The second-order valence-corrected chi connectivity index (χ2v) is 7.32. The standard InChI is InChI=1S/C18H17Cl2N3O4/c1-8-2-3-9(6-11(8)19)12(24)15-13(25)14(26)18(27-15)23-5-4-10-16(20)21-7-22-17(10)23/h2-7,12-15,18,24-26H,1H3/t12-,13+,14-,15-,18-/m1/s1. The predicted molar refractivity (Wildman–Crippen MR) is 99.6 cm³/mol. The molecule has 3 heterocycles. The Hall–Kier alpha value is -1.74. The summed E-state index contributed by atoms with van der Waals surface area (Å²) in [6.07, 6.45) is -2.78. The summed E-state index contributed by atoms with van der Waals surface area (Å²) < 4.78 is 7.39. The van der Waals surface area contributed by atoms with Crippen LogP contribution < -0.4 is 0 Å². The second kappa shape index (κ2) is 7.01. The number of halogens is 2. The number of aliphatic hydroxyl groups excluding tert-OH is 3. The van der Waals surface area contributed by atoms with E-state index in [0.29, 0.717) is 21.6 Å². The second-order valence-electron chi connectivity index (χ2n) is 6.55. The quantitative estimate of drug-likeness (QED) is 0.574. The van der Waals surface area contributed by atoms with Gasteiger partial charge >= 0.3 is 0 Å². The van der Waals surface area contributed by atoms with Gasteiger partial charge in [0.15, 0.2) is 6.23 Å². The highest BCUT2D eigenvalue weighted by Crippen LogP contribution is 2.38. The van der Waals surface area contributed by atoms with E-state index in [1.807, 2.05) is 6.92 Å². The van der Waals surface area contributed by atoms with Gasteiger partial charge in [-0.25, -0.2) is 9.97 Å². The van der Waals surface area contributed by atoms with Crippen LogP contribution in [-0.2, 0) is 4.74 Å². The van der Waals surface area contributed by atoms with E-state index in [0.717, 1.165) is 5.56 Å². The SMILES string of the molecule is Cc1ccc([C@@H](O)[C@H]2O[C@@H](n3ccc4c(Cl)ncnc43)[C@H](O)[C@@H]2O)cc1Cl. The fraction of sp³-hybridized carbons (Fsp3) is 0.333. The molecule has 3 aromatic rings. The van der Waals surface area contributed by atoms with Crippen molar-refractivity contribution in [2.24, 2.45) is 0 Å². The molecular weight excluding hydrogens is 393 g/mol. The Bertz CT molecular complexity index is 996. The number of rotatable bonds is 3. The Balaban J connectivity index is 1.66. The summed E-state index contributed by atoms with van der Waals surface area (Å²) in [5, 5.41) is 33.0. The molecule has 4 rings (SSSR count). The largest absolute Gasteiger partial charge is 0.387 e. The zero-order chi connectivity index (χ0) is 19.3. The summed E-state index contributed by atoms with van der Waals surface area (Å²) in [6.45, 7) is 1.85. The number of nitrogens with zero attached hydrogens (tertiary/aromatic N) is 3. The molecular formula is C18H17Cl2N3O4. The zero-order valence-electron chi connectivity index (χ0n) is 14.2. The van der Waals surface area contributed by atoms with Gasteiger partial charge in [0.05, 0.1) is 5.39 Å². The van der Waals surface area contributed by atoms with Crippen molar-refractivity contribution >= 4 is 34.2 Å². The van der Waals surface area contributed by atoms with Gasteiger partial charge in [0.1, 0.15) is 41.5 Å². The van der Waals surface area contributed by atoms with Crippen molar-refractivity contribution in [2.45, 2.75) is 37.6 Å². The van der Waals surface area contributed by atoms with Gasteiger partial charge in [-0.1, -0.05) is 35.3 Å². The molecule has 0 saturated carbocycles. The van der Waals surface area contributed by atoms with Crippen LogP contribution in [0.3, 0.4) is 0 Å². The maximum atomic E-state index is 10.7. The minimum absolute atomic E-state index is 0.276. The number of ether oxygens (including phenoxy) is 1. The summed E-state index contributed by atoms with van der Waals surface area (Å²) in [6, 6.07) is 6.80. The molecule has 1 aliphatic rings. The van der Waals surface area contributed by atoms with Gasteiger partial charge in [0.25, 0.3) is 0 Å². The van der Waals surface area contributed by atoms with Gasteiger partial charge in [-0.15, -0.1) is 0 Å². The average Bonchev–Trinajstić information content (AvgIpc) is 3.20. The molecule has 27 heavy (non-hydrogen) atoms. The lowest BCUT2D eigenvalue weighted by molar-refractivity contribution is -0.0848. The number of hydrogen-bond donors (Lipinski definition) is 3. The Morgan fingerprint density at radius 1 is 1.15 bits per heavy atom. The van der Waals surface area contributed by atoms with Crippen LogP contribution in [0.1, 0.15) is 23.5 Å². The van der Waals surface area contributed by atoms with E-state index in [4.69, 9.17) is 27.9 Å². The Kier molecular flexibility index (Phi) is 4.84. The molecule has 1 saturated heterocycles. The smallest absolute Gasteiger partial charge is 0.164 e. The van der Waals surface area contributed by atoms with Crippen LogP contribution in [0.4, 0.5) is 0 Å². The van der Waals surface area contributed by atoms with E-state index >= 15 is 0 Å². The molecule has 7 nitrogen and oxygen atoms in total. The zero-order valence-corrected chi connectivity index (χ0v) is 15.7. The van der Waals surface area contributed by atoms with Crippen molar-refractivity contribution in [3.63, 3.8) is 0 Å². The summed E-state index contributed by atoms with van der Waals surface area (Å²) in [7, 11) is 0. The van der Waals surface area contributed by atoms with Crippen LogP contribution in [0.25, 0.3) is 11.0 Å². The highest BCUT2D eigenvalue weighted by molar-refractivity contribution is 6.33. The van der Waals surface area contributed by atoms with Crippen molar-refractivity contribution in [3.8, 4) is 0 Å². The van der Waals surface area contributed by atoms with E-state index in [1.165, 1.54) is 6.33 Å². The summed E-state index contributed by atoms with van der Waals surface area (Å²) >= 11 is 12.2. The van der Waals surface area contributed by atoms with Crippen LogP contribution in [0.15, 0.2) is 36.8 Å². The van der Waals surface area contributed by atoms with Crippen LogP contribution in [0.5, 0.6) is 0 Å². The lowest BCUT2D eigenvalue weighted by Gasteiger charge is -2.22. The summed E-state index contributed by atoms with van der Waals surface area (Å²) in [4.78, 5) is 8.09. The van der Waals surface area contributed by atoms with Crippen molar-refractivity contribution in [1.29, 1.82) is 0 Å². The molecule has 0 unspecified atom stereocenters. The molecule has 0 radical (unpaired) electrons. The van der Waals surface area contributed by atoms with E-state index < -0.39 is 30.6 Å². The first-order valence-electron chi connectivity index (χ1n) is 8.31. The number of aryl methyl sites for hydroxylation is 1. The predicted octanol–water partition coefficient (Wildman–Crippen LogP) is 2.40. The first kappa shape index (κ1) is 18.6. The number of benzene rings is 1. The van der Waals surface area contributed by atoms with Gasteiger partial charge in [0, 0.05) is 11.2 Å². The van der Waals surface area contributed by atoms with Crippen molar-refractivity contribution in [2.75, 3.05) is 0 Å². The van der Waals surface area contributed by atoms with E-state index in [1.54, 1.807) is 35.0 Å². The molecule has 2 aromatic heterocycles. The van der Waals surface area contributed by atoms with E-state index in [9.17, 15) is 15.3 Å². The fourth-order valence-corrected chi connectivity index (χ4v) is 3.68. The lowest BCUT2D eigenvalue weighted by atomic mass is 9.98. The normalized spacial score (nSPS) is 26.6. The third-order valence-corrected chi connectivity index (χ3v) is 5.57. The Labute approximate surface area is 164 Å². The van der Waals surface area contributed by atoms with Gasteiger partial charge in [0.2, 0.25) is 0 Å². The Morgan fingerprint density at radius 3 is 2.67 bits per heavy atom. The molecule has 1 aromatic carbocycles. The highest BCUT2D eigenvalue weighted by Gasteiger charge is 2.47. The van der Waals surface area contributed by atoms with Crippen molar-refractivity contribution < 1.29 is 20.1 Å².